The maximum absolute atomic E-state index is 14.1. The van der Waals surface area contributed by atoms with Crippen molar-refractivity contribution in [2.45, 2.75) is 31.7 Å². The molecule has 1 atom stereocenters. The molecule has 0 aliphatic rings. The van der Waals surface area contributed by atoms with E-state index in [9.17, 15) is 22.4 Å². The second kappa shape index (κ2) is 9.95. The summed E-state index contributed by atoms with van der Waals surface area (Å²) in [6.07, 6.45) is 0. The van der Waals surface area contributed by atoms with Crippen molar-refractivity contribution in [3.63, 3.8) is 0 Å². The van der Waals surface area contributed by atoms with Crippen LogP contribution in [0.4, 0.5) is 4.39 Å². The number of carbonyl (C=O) groups excluding carboxylic acids is 2. The number of ether oxygens (including phenoxy) is 1. The first-order chi connectivity index (χ1) is 13.7. The Morgan fingerprint density at radius 3 is 2.52 bits per heavy atom. The van der Waals surface area contributed by atoms with Crippen LogP contribution in [0.25, 0.3) is 0 Å². The Morgan fingerprint density at radius 1 is 1.24 bits per heavy atom. The molecule has 2 rings (SSSR count). The molecule has 0 radical (unpaired) electrons. The topological polar surface area (TPSA) is 92.8 Å². The van der Waals surface area contributed by atoms with Crippen LogP contribution in [0.3, 0.4) is 0 Å². The molecule has 2 aromatic rings. The lowest BCUT2D eigenvalue weighted by Crippen LogP contribution is -2.31. The molecule has 1 unspecified atom stereocenters. The van der Waals surface area contributed by atoms with E-state index in [0.29, 0.717) is 0 Å². The minimum Gasteiger partial charge on any atom is -0.452 e. The number of esters is 1. The third kappa shape index (κ3) is 5.62. The van der Waals surface area contributed by atoms with Gasteiger partial charge in [-0.1, -0.05) is 19.9 Å². The van der Waals surface area contributed by atoms with Crippen molar-refractivity contribution in [2.75, 3.05) is 19.7 Å². The van der Waals surface area contributed by atoms with Gasteiger partial charge in [-0.25, -0.2) is 17.6 Å². The number of thiophene rings is 1. The van der Waals surface area contributed by atoms with Crippen molar-refractivity contribution < 1.29 is 27.1 Å². The molecule has 0 spiro atoms. The summed E-state index contributed by atoms with van der Waals surface area (Å²) in [4.78, 5) is 24.9. The molecule has 29 heavy (non-hydrogen) atoms. The highest BCUT2D eigenvalue weighted by molar-refractivity contribution is 7.89. The average Bonchev–Trinajstić information content (AvgIpc) is 3.22. The molecular formula is C19H23FN2O5S2. The molecule has 7 nitrogen and oxygen atoms in total. The third-order valence-corrected chi connectivity index (χ3v) is 7.28. The first-order valence-electron chi connectivity index (χ1n) is 9.00. The SMILES string of the molecule is CCN(CC)S(=O)(=O)c1ccc(F)c(C(=O)OCC(=O)NC(C)c2cccs2)c1. The highest BCUT2D eigenvalue weighted by Gasteiger charge is 2.25. The summed E-state index contributed by atoms with van der Waals surface area (Å²) in [5.41, 5.74) is -0.544. The Labute approximate surface area is 173 Å². The predicted molar refractivity (Wildman–Crippen MR) is 108 cm³/mol. The summed E-state index contributed by atoms with van der Waals surface area (Å²) in [7, 11) is -3.87. The van der Waals surface area contributed by atoms with Gasteiger partial charge in [0.15, 0.2) is 6.61 Å². The number of carbonyl (C=O) groups is 2. The molecule has 158 valence electrons. The monoisotopic (exact) mass is 442 g/mol. The van der Waals surface area contributed by atoms with Gasteiger partial charge in [0.05, 0.1) is 16.5 Å². The van der Waals surface area contributed by atoms with E-state index >= 15 is 0 Å². The molecule has 0 aliphatic heterocycles. The van der Waals surface area contributed by atoms with E-state index < -0.39 is 39.9 Å². The second-order valence-electron chi connectivity index (χ2n) is 6.11. The van der Waals surface area contributed by atoms with Gasteiger partial charge in [0.25, 0.3) is 5.91 Å². The summed E-state index contributed by atoms with van der Waals surface area (Å²) in [6.45, 7) is 5.00. The van der Waals surface area contributed by atoms with Crippen LogP contribution in [-0.2, 0) is 19.6 Å². The van der Waals surface area contributed by atoms with Crippen molar-refractivity contribution in [3.05, 3.63) is 52.0 Å². The lowest BCUT2D eigenvalue weighted by Gasteiger charge is -2.18. The van der Waals surface area contributed by atoms with E-state index in [-0.39, 0.29) is 24.0 Å². The highest BCUT2D eigenvalue weighted by Crippen LogP contribution is 2.20. The van der Waals surface area contributed by atoms with Gasteiger partial charge in [-0.05, 0) is 36.6 Å². The summed E-state index contributed by atoms with van der Waals surface area (Å²) < 4.78 is 45.3. The summed E-state index contributed by atoms with van der Waals surface area (Å²) in [5.74, 6) is -2.59. The molecule has 10 heteroatoms. The molecule has 1 aromatic heterocycles. The maximum atomic E-state index is 14.1. The van der Waals surface area contributed by atoms with Crippen LogP contribution in [0.15, 0.2) is 40.6 Å². The zero-order valence-corrected chi connectivity index (χ0v) is 18.0. The predicted octanol–water partition coefficient (Wildman–Crippen LogP) is 2.95. The molecular weight excluding hydrogens is 419 g/mol. The van der Waals surface area contributed by atoms with Gasteiger partial charge >= 0.3 is 5.97 Å². The zero-order chi connectivity index (χ0) is 21.6. The van der Waals surface area contributed by atoms with Crippen molar-refractivity contribution >= 4 is 33.2 Å². The van der Waals surface area contributed by atoms with Crippen LogP contribution in [0.2, 0.25) is 0 Å². The number of rotatable bonds is 9. The largest absolute Gasteiger partial charge is 0.452 e. The fraction of sp³-hybridized carbons (Fsp3) is 0.368. The van der Waals surface area contributed by atoms with Crippen LogP contribution in [0.1, 0.15) is 42.0 Å². The second-order valence-corrected chi connectivity index (χ2v) is 9.03. The fourth-order valence-corrected chi connectivity index (χ4v) is 4.85. The van der Waals surface area contributed by atoms with Crippen LogP contribution < -0.4 is 5.32 Å². The minimum absolute atomic E-state index is 0.217. The lowest BCUT2D eigenvalue weighted by molar-refractivity contribution is -0.124. The van der Waals surface area contributed by atoms with Gasteiger partial charge in [0, 0.05) is 18.0 Å². The number of benzene rings is 1. The number of nitrogens with one attached hydrogen (secondary N) is 1. The van der Waals surface area contributed by atoms with Gasteiger partial charge in [-0.15, -0.1) is 11.3 Å². The molecule has 1 N–H and O–H groups in total. The molecule has 1 amide bonds. The van der Waals surface area contributed by atoms with E-state index in [1.54, 1.807) is 20.8 Å². The van der Waals surface area contributed by atoms with E-state index in [1.165, 1.54) is 15.6 Å². The normalized spacial score (nSPS) is 12.6. The molecule has 0 bridgehead atoms. The third-order valence-electron chi connectivity index (χ3n) is 4.18. The number of nitrogens with zero attached hydrogens (tertiary/aromatic N) is 1. The van der Waals surface area contributed by atoms with E-state index in [4.69, 9.17) is 4.74 Å². The average molecular weight is 443 g/mol. The highest BCUT2D eigenvalue weighted by atomic mass is 32.2. The van der Waals surface area contributed by atoms with E-state index in [0.717, 1.165) is 23.1 Å². The van der Waals surface area contributed by atoms with Crippen molar-refractivity contribution in [1.82, 2.24) is 9.62 Å². The van der Waals surface area contributed by atoms with Crippen molar-refractivity contribution in [3.8, 4) is 0 Å². The summed E-state index contributed by atoms with van der Waals surface area (Å²) in [5, 5.41) is 4.54. The van der Waals surface area contributed by atoms with Crippen LogP contribution in [0.5, 0.6) is 0 Å². The van der Waals surface area contributed by atoms with Gasteiger partial charge in [-0.2, -0.15) is 4.31 Å². The quantitative estimate of drug-likeness (QED) is 0.603. The lowest BCUT2D eigenvalue weighted by atomic mass is 10.2. The van der Waals surface area contributed by atoms with Crippen LogP contribution in [-0.4, -0.2) is 44.3 Å². The molecule has 0 fully saturated rings. The van der Waals surface area contributed by atoms with Gasteiger partial charge in [0.1, 0.15) is 5.82 Å². The van der Waals surface area contributed by atoms with Crippen LogP contribution in [0, 0.1) is 5.82 Å². The fourth-order valence-electron chi connectivity index (χ4n) is 2.63. The molecule has 0 saturated carbocycles. The first kappa shape index (κ1) is 23.0. The molecule has 1 aromatic carbocycles. The summed E-state index contributed by atoms with van der Waals surface area (Å²) in [6, 6.07) is 6.36. The number of sulfonamides is 1. The number of hydrogen-bond acceptors (Lipinski definition) is 6. The van der Waals surface area contributed by atoms with Crippen LogP contribution >= 0.6 is 11.3 Å². The molecule has 0 aliphatic carbocycles. The minimum atomic E-state index is -3.87. The molecule has 0 saturated heterocycles. The van der Waals surface area contributed by atoms with Gasteiger partial charge in [0.2, 0.25) is 10.0 Å². The Kier molecular flexibility index (Phi) is 7.88. The molecule has 1 heterocycles. The van der Waals surface area contributed by atoms with E-state index in [1.807, 2.05) is 17.5 Å². The Hall–Kier alpha value is -2.30. The van der Waals surface area contributed by atoms with Gasteiger partial charge < -0.3 is 10.1 Å². The number of amides is 1. The Bertz CT molecular complexity index is 957. The maximum Gasteiger partial charge on any atom is 0.341 e. The van der Waals surface area contributed by atoms with Crippen molar-refractivity contribution in [2.24, 2.45) is 0 Å². The standard InChI is InChI=1S/C19H23FN2O5S2/c1-4-22(5-2)29(25,26)14-8-9-16(20)15(11-14)19(24)27-12-18(23)21-13(3)17-7-6-10-28-17/h6-11,13H,4-5,12H2,1-3H3,(H,21,23). The van der Waals surface area contributed by atoms with E-state index in [2.05, 4.69) is 5.32 Å². The zero-order valence-electron chi connectivity index (χ0n) is 16.3. The first-order valence-corrected chi connectivity index (χ1v) is 11.3. The number of halogens is 1. The Morgan fingerprint density at radius 2 is 1.93 bits per heavy atom. The van der Waals surface area contributed by atoms with Crippen molar-refractivity contribution in [1.29, 1.82) is 0 Å². The summed E-state index contributed by atoms with van der Waals surface area (Å²) >= 11 is 1.47. The smallest absolute Gasteiger partial charge is 0.341 e. The van der Waals surface area contributed by atoms with Gasteiger partial charge in [-0.3, -0.25) is 4.79 Å². The number of hydrogen-bond donors (Lipinski definition) is 1. The Balaban J connectivity index is 2.08.